The predicted octanol–water partition coefficient (Wildman–Crippen LogP) is 2.06. The van der Waals surface area contributed by atoms with Crippen LogP contribution in [0.4, 0.5) is 0 Å². The molecule has 1 aromatic carbocycles. The summed E-state index contributed by atoms with van der Waals surface area (Å²) in [5.41, 5.74) is 2.46. The van der Waals surface area contributed by atoms with Gasteiger partial charge in [-0.3, -0.25) is 4.99 Å². The number of hydrogen-bond acceptors (Lipinski definition) is 4. The fraction of sp³-hybridized carbons (Fsp3) is 0.500. The first kappa shape index (κ1) is 16.1. The lowest BCUT2D eigenvalue weighted by Crippen LogP contribution is -2.36. The van der Waals surface area contributed by atoms with Crippen LogP contribution < -0.4 is 10.1 Å². The number of halogens is 1. The maximum Gasteiger partial charge on any atom is 0.193 e. The summed E-state index contributed by atoms with van der Waals surface area (Å²) in [5, 5.41) is 3.37. The first-order valence-electron chi connectivity index (χ1n) is 6.33. The average molecular weight is 375 g/mol. The number of likely N-dealkylation sites (N-methyl/N-ethyl adjacent to an activating group) is 1. The van der Waals surface area contributed by atoms with E-state index >= 15 is 0 Å². The number of hydrogen-bond donors (Lipinski definition) is 1. The highest BCUT2D eigenvalue weighted by atomic mass is 127. The second-order valence-electron chi connectivity index (χ2n) is 4.61. The Hall–Kier alpha value is -0.980. The van der Waals surface area contributed by atoms with Crippen molar-refractivity contribution in [2.75, 3.05) is 33.8 Å². The van der Waals surface area contributed by atoms with Crippen molar-refractivity contribution in [3.8, 4) is 5.75 Å². The molecule has 19 heavy (non-hydrogen) atoms. The molecular weight excluding hydrogens is 353 g/mol. The Bertz CT molecular complexity index is 448. The maximum atomic E-state index is 5.33. The fourth-order valence-electron chi connectivity index (χ4n) is 2.06. The molecule has 1 aromatic rings. The van der Waals surface area contributed by atoms with E-state index in [0.717, 1.165) is 37.8 Å². The lowest BCUT2D eigenvalue weighted by molar-refractivity contribution is 0.411. The monoisotopic (exact) mass is 375 g/mol. The number of aryl methyl sites for hydroxylation is 1. The SMILES string of the molecule is COc1cc(CCNC2=NCCN2C)ccc1C.I. The molecule has 2 rings (SSSR count). The molecule has 0 atom stereocenters. The molecule has 0 fully saturated rings. The molecule has 1 N–H and O–H groups in total. The molecule has 1 heterocycles. The highest BCUT2D eigenvalue weighted by Crippen LogP contribution is 2.18. The van der Waals surface area contributed by atoms with E-state index in [1.165, 1.54) is 11.1 Å². The van der Waals surface area contributed by atoms with E-state index in [9.17, 15) is 0 Å². The number of guanidine groups is 1. The van der Waals surface area contributed by atoms with Crippen molar-refractivity contribution in [2.24, 2.45) is 4.99 Å². The maximum absolute atomic E-state index is 5.33. The van der Waals surface area contributed by atoms with E-state index in [-0.39, 0.29) is 24.0 Å². The summed E-state index contributed by atoms with van der Waals surface area (Å²) >= 11 is 0. The van der Waals surface area contributed by atoms with Gasteiger partial charge in [0.25, 0.3) is 0 Å². The van der Waals surface area contributed by atoms with Crippen LogP contribution in [0.2, 0.25) is 0 Å². The first-order valence-corrected chi connectivity index (χ1v) is 6.33. The summed E-state index contributed by atoms with van der Waals surface area (Å²) in [6.07, 6.45) is 0.976. The van der Waals surface area contributed by atoms with E-state index in [1.807, 2.05) is 0 Å². The smallest absolute Gasteiger partial charge is 0.193 e. The number of rotatable bonds is 4. The van der Waals surface area contributed by atoms with Crippen molar-refractivity contribution in [3.63, 3.8) is 0 Å². The van der Waals surface area contributed by atoms with E-state index in [1.54, 1.807) is 7.11 Å². The molecule has 0 aliphatic carbocycles. The standard InChI is InChI=1S/C14H21N3O.HI/c1-11-4-5-12(10-13(11)18-3)6-7-15-14-16-8-9-17(14)2;/h4-5,10H,6-9H2,1-3H3,(H,15,16);1H. The Labute approximate surface area is 132 Å². The van der Waals surface area contributed by atoms with Gasteiger partial charge in [0.05, 0.1) is 13.7 Å². The van der Waals surface area contributed by atoms with Gasteiger partial charge in [-0.05, 0) is 30.5 Å². The minimum atomic E-state index is 0. The highest BCUT2D eigenvalue weighted by Gasteiger charge is 2.10. The molecule has 0 aromatic heterocycles. The molecule has 0 saturated carbocycles. The topological polar surface area (TPSA) is 36.9 Å². The summed E-state index contributed by atoms with van der Waals surface area (Å²) in [4.78, 5) is 6.55. The van der Waals surface area contributed by atoms with Crippen LogP contribution in [0.25, 0.3) is 0 Å². The zero-order chi connectivity index (χ0) is 13.0. The van der Waals surface area contributed by atoms with Crippen LogP contribution in [0, 0.1) is 6.92 Å². The summed E-state index contributed by atoms with van der Waals surface area (Å²) < 4.78 is 5.33. The molecule has 1 aliphatic heterocycles. The van der Waals surface area contributed by atoms with Crippen LogP contribution >= 0.6 is 24.0 Å². The Kier molecular flexibility index (Phi) is 6.41. The minimum Gasteiger partial charge on any atom is -0.496 e. The minimum absolute atomic E-state index is 0. The lowest BCUT2D eigenvalue weighted by Gasteiger charge is -2.15. The van der Waals surface area contributed by atoms with Gasteiger partial charge in [-0.1, -0.05) is 12.1 Å². The van der Waals surface area contributed by atoms with Gasteiger partial charge in [0.1, 0.15) is 5.75 Å². The molecule has 4 nitrogen and oxygen atoms in total. The van der Waals surface area contributed by atoms with Crippen molar-refractivity contribution in [3.05, 3.63) is 29.3 Å². The number of methoxy groups -OCH3 is 1. The molecule has 1 aliphatic rings. The Morgan fingerprint density at radius 2 is 2.21 bits per heavy atom. The number of nitrogens with zero attached hydrogens (tertiary/aromatic N) is 2. The number of ether oxygens (including phenoxy) is 1. The molecule has 0 amide bonds. The van der Waals surface area contributed by atoms with Crippen molar-refractivity contribution in [1.82, 2.24) is 10.2 Å². The van der Waals surface area contributed by atoms with Crippen LogP contribution in [0.3, 0.4) is 0 Å². The predicted molar refractivity (Wildman–Crippen MR) is 89.8 cm³/mol. The van der Waals surface area contributed by atoms with Crippen LogP contribution in [0.5, 0.6) is 5.75 Å². The zero-order valence-electron chi connectivity index (χ0n) is 11.8. The second-order valence-corrected chi connectivity index (χ2v) is 4.61. The summed E-state index contributed by atoms with van der Waals surface area (Å²) in [6, 6.07) is 6.37. The van der Waals surface area contributed by atoms with E-state index in [0.29, 0.717) is 0 Å². The number of benzene rings is 1. The Morgan fingerprint density at radius 1 is 1.42 bits per heavy atom. The number of nitrogens with one attached hydrogen (secondary N) is 1. The zero-order valence-corrected chi connectivity index (χ0v) is 14.1. The highest BCUT2D eigenvalue weighted by molar-refractivity contribution is 14.0. The van der Waals surface area contributed by atoms with Crippen LogP contribution in [0.15, 0.2) is 23.2 Å². The van der Waals surface area contributed by atoms with Gasteiger partial charge >= 0.3 is 0 Å². The van der Waals surface area contributed by atoms with Crippen LogP contribution in [0.1, 0.15) is 11.1 Å². The van der Waals surface area contributed by atoms with Gasteiger partial charge in [0.2, 0.25) is 0 Å². The third kappa shape index (κ3) is 4.26. The normalized spacial score (nSPS) is 13.8. The second kappa shape index (κ2) is 7.57. The Morgan fingerprint density at radius 3 is 2.84 bits per heavy atom. The van der Waals surface area contributed by atoms with Crippen LogP contribution in [-0.4, -0.2) is 44.7 Å². The van der Waals surface area contributed by atoms with Crippen LogP contribution in [-0.2, 0) is 6.42 Å². The first-order chi connectivity index (χ1) is 8.70. The quantitative estimate of drug-likeness (QED) is 0.819. The molecule has 0 spiro atoms. The van der Waals surface area contributed by atoms with Gasteiger partial charge in [-0.2, -0.15) is 0 Å². The third-order valence-corrected chi connectivity index (χ3v) is 3.23. The molecule has 106 valence electrons. The van der Waals surface area contributed by atoms with Crippen molar-refractivity contribution in [1.29, 1.82) is 0 Å². The van der Waals surface area contributed by atoms with Crippen molar-refractivity contribution < 1.29 is 4.74 Å². The molecule has 5 heteroatoms. The molecule has 0 radical (unpaired) electrons. The summed E-state index contributed by atoms with van der Waals surface area (Å²) in [5.74, 6) is 1.97. The van der Waals surface area contributed by atoms with E-state index in [2.05, 4.69) is 47.4 Å². The lowest BCUT2D eigenvalue weighted by atomic mass is 10.1. The third-order valence-electron chi connectivity index (χ3n) is 3.23. The fourth-order valence-corrected chi connectivity index (χ4v) is 2.06. The number of aliphatic imine (C=N–C) groups is 1. The van der Waals surface area contributed by atoms with Crippen molar-refractivity contribution >= 4 is 29.9 Å². The van der Waals surface area contributed by atoms with E-state index in [4.69, 9.17) is 4.74 Å². The molecule has 0 saturated heterocycles. The Balaban J connectivity index is 0.00000180. The molecule has 0 bridgehead atoms. The molecule has 0 unspecified atom stereocenters. The largest absolute Gasteiger partial charge is 0.496 e. The molecular formula is C14H22IN3O. The van der Waals surface area contributed by atoms with Crippen molar-refractivity contribution in [2.45, 2.75) is 13.3 Å². The van der Waals surface area contributed by atoms with Gasteiger partial charge in [-0.15, -0.1) is 24.0 Å². The van der Waals surface area contributed by atoms with Gasteiger partial charge in [-0.25, -0.2) is 0 Å². The van der Waals surface area contributed by atoms with Gasteiger partial charge in [0, 0.05) is 20.1 Å². The van der Waals surface area contributed by atoms with E-state index < -0.39 is 0 Å². The summed E-state index contributed by atoms with van der Waals surface area (Å²) in [7, 11) is 3.78. The summed E-state index contributed by atoms with van der Waals surface area (Å²) in [6.45, 7) is 4.87. The van der Waals surface area contributed by atoms with Gasteiger partial charge < -0.3 is 15.0 Å². The average Bonchev–Trinajstić information content (AvgIpc) is 2.77. The van der Waals surface area contributed by atoms with Gasteiger partial charge in [0.15, 0.2) is 5.96 Å².